The fourth-order valence-corrected chi connectivity index (χ4v) is 3.03. The SMILES string of the molecule is CNCc1ccoc1CN1CCC(c2ccccc2)C1. The van der Waals surface area contributed by atoms with Gasteiger partial charge >= 0.3 is 0 Å². The van der Waals surface area contributed by atoms with Crippen LogP contribution < -0.4 is 5.32 Å². The predicted octanol–water partition coefficient (Wildman–Crippen LogP) is 2.99. The van der Waals surface area contributed by atoms with Crippen molar-refractivity contribution in [3.63, 3.8) is 0 Å². The summed E-state index contributed by atoms with van der Waals surface area (Å²) in [5, 5.41) is 3.19. The maximum atomic E-state index is 5.64. The highest BCUT2D eigenvalue weighted by Crippen LogP contribution is 2.28. The van der Waals surface area contributed by atoms with Crippen molar-refractivity contribution in [1.29, 1.82) is 0 Å². The molecule has 0 saturated carbocycles. The monoisotopic (exact) mass is 270 g/mol. The van der Waals surface area contributed by atoms with Gasteiger partial charge in [-0.25, -0.2) is 0 Å². The number of hydrogen-bond acceptors (Lipinski definition) is 3. The Labute approximate surface area is 120 Å². The predicted molar refractivity (Wildman–Crippen MR) is 80.5 cm³/mol. The van der Waals surface area contributed by atoms with E-state index < -0.39 is 0 Å². The van der Waals surface area contributed by atoms with E-state index in [2.05, 4.69) is 46.6 Å². The summed E-state index contributed by atoms with van der Waals surface area (Å²) in [4.78, 5) is 2.50. The topological polar surface area (TPSA) is 28.4 Å². The van der Waals surface area contributed by atoms with Gasteiger partial charge in [-0.15, -0.1) is 0 Å². The summed E-state index contributed by atoms with van der Waals surface area (Å²) in [6, 6.07) is 12.9. The summed E-state index contributed by atoms with van der Waals surface area (Å²) in [5.74, 6) is 1.77. The van der Waals surface area contributed by atoms with Crippen molar-refractivity contribution in [2.75, 3.05) is 20.1 Å². The van der Waals surface area contributed by atoms with Gasteiger partial charge in [0.2, 0.25) is 0 Å². The summed E-state index contributed by atoms with van der Waals surface area (Å²) in [5.41, 5.74) is 2.74. The summed E-state index contributed by atoms with van der Waals surface area (Å²) in [7, 11) is 1.97. The van der Waals surface area contributed by atoms with E-state index in [9.17, 15) is 0 Å². The van der Waals surface area contributed by atoms with E-state index in [1.165, 1.54) is 17.5 Å². The van der Waals surface area contributed by atoms with Crippen molar-refractivity contribution in [1.82, 2.24) is 10.2 Å². The molecule has 0 spiro atoms. The molecule has 1 aromatic heterocycles. The van der Waals surface area contributed by atoms with Crippen molar-refractivity contribution < 1.29 is 4.42 Å². The first-order chi connectivity index (χ1) is 9.86. The van der Waals surface area contributed by atoms with Crippen LogP contribution in [0, 0.1) is 0 Å². The average Bonchev–Trinajstić information content (AvgIpc) is 3.11. The van der Waals surface area contributed by atoms with Gasteiger partial charge in [-0.1, -0.05) is 30.3 Å². The van der Waals surface area contributed by atoms with Gasteiger partial charge in [0.15, 0.2) is 0 Å². The van der Waals surface area contributed by atoms with E-state index in [0.29, 0.717) is 5.92 Å². The molecule has 1 fully saturated rings. The molecule has 3 heteroatoms. The fourth-order valence-electron chi connectivity index (χ4n) is 3.03. The third kappa shape index (κ3) is 2.94. The Morgan fingerprint density at radius 1 is 1.25 bits per heavy atom. The molecule has 1 aliphatic heterocycles. The minimum Gasteiger partial charge on any atom is -0.468 e. The maximum Gasteiger partial charge on any atom is 0.122 e. The highest BCUT2D eigenvalue weighted by atomic mass is 16.3. The summed E-state index contributed by atoms with van der Waals surface area (Å²) in [6.45, 7) is 4.08. The van der Waals surface area contributed by atoms with Crippen LogP contribution >= 0.6 is 0 Å². The molecule has 3 nitrogen and oxygen atoms in total. The molecule has 3 rings (SSSR count). The fraction of sp³-hybridized carbons (Fsp3) is 0.412. The number of rotatable bonds is 5. The van der Waals surface area contributed by atoms with Crippen LogP contribution in [0.3, 0.4) is 0 Å². The van der Waals surface area contributed by atoms with E-state index in [4.69, 9.17) is 4.42 Å². The lowest BCUT2D eigenvalue weighted by Gasteiger charge is -2.15. The molecule has 0 aliphatic carbocycles. The maximum absolute atomic E-state index is 5.64. The molecular weight excluding hydrogens is 248 g/mol. The minimum absolute atomic E-state index is 0.666. The Morgan fingerprint density at radius 3 is 2.90 bits per heavy atom. The number of nitrogens with one attached hydrogen (secondary N) is 1. The second-order valence-corrected chi connectivity index (χ2v) is 5.53. The van der Waals surface area contributed by atoms with E-state index in [1.54, 1.807) is 6.26 Å². The third-order valence-electron chi connectivity index (χ3n) is 4.12. The number of hydrogen-bond donors (Lipinski definition) is 1. The van der Waals surface area contributed by atoms with Crippen LogP contribution in [0.1, 0.15) is 29.2 Å². The molecule has 20 heavy (non-hydrogen) atoms. The van der Waals surface area contributed by atoms with Gasteiger partial charge in [0.25, 0.3) is 0 Å². The molecule has 0 radical (unpaired) electrons. The first kappa shape index (κ1) is 13.4. The molecule has 1 aliphatic rings. The molecule has 1 aromatic carbocycles. The Morgan fingerprint density at radius 2 is 2.10 bits per heavy atom. The van der Waals surface area contributed by atoms with Gasteiger partial charge < -0.3 is 9.73 Å². The standard InChI is InChI=1S/C17H22N2O/c1-18-11-15-8-10-20-17(15)13-19-9-7-16(12-19)14-5-3-2-4-6-14/h2-6,8,10,16,18H,7,9,11-13H2,1H3. The minimum atomic E-state index is 0.666. The quantitative estimate of drug-likeness (QED) is 0.905. The van der Waals surface area contributed by atoms with E-state index in [1.807, 2.05) is 7.05 Å². The molecule has 106 valence electrons. The number of nitrogens with zero attached hydrogens (tertiary/aromatic N) is 1. The molecular formula is C17H22N2O. The first-order valence-electron chi connectivity index (χ1n) is 7.34. The van der Waals surface area contributed by atoms with Crippen LogP contribution in [0.25, 0.3) is 0 Å². The Hall–Kier alpha value is -1.58. The van der Waals surface area contributed by atoms with Gasteiger partial charge in [-0.2, -0.15) is 0 Å². The lowest BCUT2D eigenvalue weighted by molar-refractivity contribution is 0.292. The van der Waals surface area contributed by atoms with Crippen LogP contribution in [0.5, 0.6) is 0 Å². The van der Waals surface area contributed by atoms with Crippen LogP contribution in [-0.4, -0.2) is 25.0 Å². The van der Waals surface area contributed by atoms with Crippen molar-refractivity contribution in [2.45, 2.75) is 25.4 Å². The molecule has 1 atom stereocenters. The van der Waals surface area contributed by atoms with Gasteiger partial charge in [-0.05, 0) is 37.6 Å². The Balaban J connectivity index is 1.62. The highest BCUT2D eigenvalue weighted by Gasteiger charge is 2.24. The van der Waals surface area contributed by atoms with Crippen molar-refractivity contribution >= 4 is 0 Å². The number of likely N-dealkylation sites (tertiary alicyclic amines) is 1. The lowest BCUT2D eigenvalue weighted by atomic mass is 9.99. The lowest BCUT2D eigenvalue weighted by Crippen LogP contribution is -2.20. The van der Waals surface area contributed by atoms with Crippen molar-refractivity contribution in [3.05, 3.63) is 59.5 Å². The van der Waals surface area contributed by atoms with Crippen LogP contribution in [0.15, 0.2) is 47.1 Å². The Kier molecular flexibility index (Phi) is 4.19. The van der Waals surface area contributed by atoms with E-state index in [0.717, 1.165) is 31.9 Å². The van der Waals surface area contributed by atoms with Gasteiger partial charge in [-0.3, -0.25) is 4.90 Å². The first-order valence-corrected chi connectivity index (χ1v) is 7.34. The molecule has 2 aromatic rings. The summed E-state index contributed by atoms with van der Waals surface area (Å²) < 4.78 is 5.64. The zero-order valence-electron chi connectivity index (χ0n) is 12.0. The van der Waals surface area contributed by atoms with Crippen molar-refractivity contribution in [3.8, 4) is 0 Å². The number of furan rings is 1. The second kappa shape index (κ2) is 6.25. The normalized spacial score (nSPS) is 19.6. The van der Waals surface area contributed by atoms with Gasteiger partial charge in [0.05, 0.1) is 12.8 Å². The molecule has 0 bridgehead atoms. The van der Waals surface area contributed by atoms with E-state index >= 15 is 0 Å². The molecule has 1 saturated heterocycles. The Bertz CT molecular complexity index is 535. The van der Waals surface area contributed by atoms with Crippen molar-refractivity contribution in [2.24, 2.45) is 0 Å². The molecule has 1 N–H and O–H groups in total. The zero-order valence-corrected chi connectivity index (χ0v) is 12.0. The molecule has 1 unspecified atom stereocenters. The smallest absolute Gasteiger partial charge is 0.122 e. The molecule has 2 heterocycles. The van der Waals surface area contributed by atoms with Gasteiger partial charge in [0, 0.05) is 18.7 Å². The molecule has 0 amide bonds. The largest absolute Gasteiger partial charge is 0.468 e. The van der Waals surface area contributed by atoms with E-state index in [-0.39, 0.29) is 0 Å². The zero-order chi connectivity index (χ0) is 13.8. The third-order valence-corrected chi connectivity index (χ3v) is 4.12. The van der Waals surface area contributed by atoms with Crippen LogP contribution in [-0.2, 0) is 13.1 Å². The summed E-state index contributed by atoms with van der Waals surface area (Å²) >= 11 is 0. The summed E-state index contributed by atoms with van der Waals surface area (Å²) in [6.07, 6.45) is 3.04. The highest BCUT2D eigenvalue weighted by molar-refractivity contribution is 5.22. The average molecular weight is 270 g/mol. The van der Waals surface area contributed by atoms with Gasteiger partial charge in [0.1, 0.15) is 5.76 Å². The van der Waals surface area contributed by atoms with Crippen LogP contribution in [0.2, 0.25) is 0 Å². The second-order valence-electron chi connectivity index (χ2n) is 5.53. The number of benzene rings is 1. The van der Waals surface area contributed by atoms with Crippen LogP contribution in [0.4, 0.5) is 0 Å².